The van der Waals surface area contributed by atoms with Gasteiger partial charge in [0.2, 0.25) is 0 Å². The summed E-state index contributed by atoms with van der Waals surface area (Å²) in [6.07, 6.45) is 0.763. The minimum atomic E-state index is -0.435. The number of ether oxygens (including phenoxy) is 3. The van der Waals surface area contributed by atoms with Crippen LogP contribution in [0.3, 0.4) is 0 Å². The van der Waals surface area contributed by atoms with Crippen LogP contribution in [0, 0.1) is 5.82 Å². The van der Waals surface area contributed by atoms with Gasteiger partial charge in [-0.3, -0.25) is 0 Å². The number of hydrogen-bond acceptors (Lipinski definition) is 5. The van der Waals surface area contributed by atoms with Crippen molar-refractivity contribution in [3.8, 4) is 5.75 Å². The van der Waals surface area contributed by atoms with Crippen LogP contribution in [0.1, 0.15) is 13.3 Å². The molecule has 2 rings (SSSR count). The van der Waals surface area contributed by atoms with E-state index in [4.69, 9.17) is 19.9 Å². The van der Waals surface area contributed by atoms with Gasteiger partial charge in [0.25, 0.3) is 0 Å². The van der Waals surface area contributed by atoms with Crippen molar-refractivity contribution in [1.82, 2.24) is 0 Å². The van der Waals surface area contributed by atoms with E-state index in [-0.39, 0.29) is 18.0 Å². The molecule has 0 aromatic heterocycles. The van der Waals surface area contributed by atoms with Gasteiger partial charge in [0, 0.05) is 39.4 Å². The highest BCUT2D eigenvalue weighted by molar-refractivity contribution is 5.70. The predicted molar refractivity (Wildman–Crippen MR) is 80.4 cm³/mol. The fourth-order valence-corrected chi connectivity index (χ4v) is 2.55. The van der Waals surface area contributed by atoms with E-state index in [2.05, 4.69) is 0 Å². The molecule has 0 spiro atoms. The van der Waals surface area contributed by atoms with Gasteiger partial charge in [-0.1, -0.05) is 6.92 Å². The first-order valence-electron chi connectivity index (χ1n) is 7.13. The number of rotatable bonds is 6. The Hall–Kier alpha value is -1.53. The molecule has 1 aromatic carbocycles. The highest BCUT2D eigenvalue weighted by Crippen LogP contribution is 2.34. The van der Waals surface area contributed by atoms with Gasteiger partial charge in [-0.05, 0) is 6.42 Å². The minimum absolute atomic E-state index is 0.0283. The maximum Gasteiger partial charge on any atom is 0.167 e. The molecular formula is C15H23FN2O3. The molecule has 118 valence electrons. The lowest BCUT2D eigenvalue weighted by molar-refractivity contribution is -0.00461. The van der Waals surface area contributed by atoms with Crippen molar-refractivity contribution >= 4 is 11.4 Å². The van der Waals surface area contributed by atoms with Gasteiger partial charge in [-0.2, -0.15) is 0 Å². The van der Waals surface area contributed by atoms with E-state index in [1.807, 2.05) is 11.8 Å². The molecular weight excluding hydrogens is 275 g/mol. The molecule has 2 N–H and O–H groups in total. The zero-order valence-electron chi connectivity index (χ0n) is 12.8. The summed E-state index contributed by atoms with van der Waals surface area (Å²) in [5, 5.41) is 0. The number of methoxy groups -OCH3 is 2. The SMILES string of the molecule is CCCOc1cc(N2CC(OC)C(OC)C2)c(N)cc1F. The number of nitrogen functional groups attached to an aromatic ring is 1. The summed E-state index contributed by atoms with van der Waals surface area (Å²) in [6.45, 7) is 3.75. The summed E-state index contributed by atoms with van der Waals surface area (Å²) in [4.78, 5) is 2.04. The maximum atomic E-state index is 13.9. The normalized spacial score (nSPS) is 21.8. The molecule has 5 nitrogen and oxygen atoms in total. The van der Waals surface area contributed by atoms with Crippen molar-refractivity contribution in [2.24, 2.45) is 0 Å². The molecule has 1 saturated heterocycles. The summed E-state index contributed by atoms with van der Waals surface area (Å²) in [5.41, 5.74) is 7.10. The zero-order chi connectivity index (χ0) is 15.4. The molecule has 0 saturated carbocycles. The molecule has 0 radical (unpaired) electrons. The van der Waals surface area contributed by atoms with Crippen molar-refractivity contribution in [3.05, 3.63) is 17.9 Å². The summed E-state index contributed by atoms with van der Waals surface area (Å²) in [6, 6.07) is 2.97. The van der Waals surface area contributed by atoms with E-state index >= 15 is 0 Å². The summed E-state index contributed by atoms with van der Waals surface area (Å²) in [5.74, 6) is -0.202. The molecule has 6 heteroatoms. The van der Waals surface area contributed by atoms with E-state index in [0.717, 1.165) is 12.1 Å². The first kappa shape index (κ1) is 15.9. The standard InChI is InChI=1S/C15H23FN2O3/c1-4-5-21-13-7-12(11(17)6-10(13)16)18-8-14(19-2)15(9-18)20-3/h6-7,14-15H,4-5,8-9,17H2,1-3H3. The van der Waals surface area contributed by atoms with Crippen LogP contribution in [0.4, 0.5) is 15.8 Å². The van der Waals surface area contributed by atoms with Gasteiger partial charge in [0.05, 0.1) is 18.0 Å². The lowest BCUT2D eigenvalue weighted by atomic mass is 10.2. The highest BCUT2D eigenvalue weighted by Gasteiger charge is 2.34. The van der Waals surface area contributed by atoms with E-state index in [0.29, 0.717) is 25.4 Å². The Kier molecular flexibility index (Phi) is 5.25. The Morgan fingerprint density at radius 2 is 1.86 bits per heavy atom. The van der Waals surface area contributed by atoms with Crippen molar-refractivity contribution in [2.75, 3.05) is 44.5 Å². The maximum absolute atomic E-state index is 13.9. The lowest BCUT2D eigenvalue weighted by Gasteiger charge is -2.21. The molecule has 1 aliphatic rings. The van der Waals surface area contributed by atoms with Crippen LogP contribution in [0.25, 0.3) is 0 Å². The van der Waals surface area contributed by atoms with Gasteiger partial charge in [-0.25, -0.2) is 4.39 Å². The molecule has 0 bridgehead atoms. The van der Waals surface area contributed by atoms with Gasteiger partial charge < -0.3 is 24.8 Å². The van der Waals surface area contributed by atoms with E-state index in [1.165, 1.54) is 6.07 Å². The minimum Gasteiger partial charge on any atom is -0.490 e. The number of nitrogens with zero attached hydrogens (tertiary/aromatic N) is 1. The molecule has 1 aliphatic heterocycles. The predicted octanol–water partition coefficient (Wildman–Crippen LogP) is 2.05. The van der Waals surface area contributed by atoms with Crippen LogP contribution in [-0.4, -0.2) is 46.1 Å². The number of halogens is 1. The van der Waals surface area contributed by atoms with Gasteiger partial charge in [-0.15, -0.1) is 0 Å². The zero-order valence-corrected chi connectivity index (χ0v) is 12.8. The fourth-order valence-electron chi connectivity index (χ4n) is 2.55. The quantitative estimate of drug-likeness (QED) is 0.815. The van der Waals surface area contributed by atoms with Crippen molar-refractivity contribution in [2.45, 2.75) is 25.6 Å². The molecule has 21 heavy (non-hydrogen) atoms. The molecule has 2 atom stereocenters. The van der Waals surface area contributed by atoms with Crippen LogP contribution in [0.15, 0.2) is 12.1 Å². The lowest BCUT2D eigenvalue weighted by Crippen LogP contribution is -2.27. The molecule has 0 aliphatic carbocycles. The average Bonchev–Trinajstić information content (AvgIpc) is 2.89. The fraction of sp³-hybridized carbons (Fsp3) is 0.600. The van der Waals surface area contributed by atoms with Crippen LogP contribution in [0.2, 0.25) is 0 Å². The summed E-state index contributed by atoms with van der Waals surface area (Å²) < 4.78 is 30.1. The van der Waals surface area contributed by atoms with Crippen molar-refractivity contribution < 1.29 is 18.6 Å². The second-order valence-electron chi connectivity index (χ2n) is 5.14. The first-order valence-corrected chi connectivity index (χ1v) is 7.13. The van der Waals surface area contributed by atoms with Gasteiger partial charge in [0.15, 0.2) is 11.6 Å². The highest BCUT2D eigenvalue weighted by atomic mass is 19.1. The van der Waals surface area contributed by atoms with Crippen LogP contribution in [-0.2, 0) is 9.47 Å². The van der Waals surface area contributed by atoms with Crippen LogP contribution >= 0.6 is 0 Å². The van der Waals surface area contributed by atoms with Gasteiger partial charge >= 0.3 is 0 Å². The Morgan fingerprint density at radius 1 is 1.24 bits per heavy atom. The Bertz CT molecular complexity index is 472. The van der Waals surface area contributed by atoms with Crippen molar-refractivity contribution in [1.29, 1.82) is 0 Å². The third-order valence-corrected chi connectivity index (χ3v) is 3.70. The van der Waals surface area contributed by atoms with Gasteiger partial charge in [0.1, 0.15) is 12.2 Å². The molecule has 1 aromatic rings. The molecule has 1 heterocycles. The smallest absolute Gasteiger partial charge is 0.167 e. The largest absolute Gasteiger partial charge is 0.490 e. The van der Waals surface area contributed by atoms with Crippen LogP contribution < -0.4 is 15.4 Å². The van der Waals surface area contributed by atoms with Crippen LogP contribution in [0.5, 0.6) is 5.75 Å². The Labute approximate surface area is 124 Å². The second kappa shape index (κ2) is 6.95. The summed E-state index contributed by atoms with van der Waals surface area (Å²) in [7, 11) is 3.31. The van der Waals surface area contributed by atoms with E-state index < -0.39 is 5.82 Å². The Balaban J connectivity index is 2.23. The third-order valence-electron chi connectivity index (χ3n) is 3.70. The first-order chi connectivity index (χ1) is 10.1. The molecule has 0 amide bonds. The number of benzene rings is 1. The number of anilines is 2. The molecule has 1 fully saturated rings. The number of hydrogen-bond donors (Lipinski definition) is 1. The van der Waals surface area contributed by atoms with E-state index in [9.17, 15) is 4.39 Å². The second-order valence-corrected chi connectivity index (χ2v) is 5.14. The third kappa shape index (κ3) is 3.39. The van der Waals surface area contributed by atoms with E-state index in [1.54, 1.807) is 20.3 Å². The number of nitrogens with two attached hydrogens (primary N) is 1. The molecule has 2 unspecified atom stereocenters. The topological polar surface area (TPSA) is 57.0 Å². The summed E-state index contributed by atoms with van der Waals surface area (Å²) >= 11 is 0. The Morgan fingerprint density at radius 3 is 2.38 bits per heavy atom. The monoisotopic (exact) mass is 298 g/mol. The van der Waals surface area contributed by atoms with Crippen molar-refractivity contribution in [3.63, 3.8) is 0 Å². The average molecular weight is 298 g/mol.